The molecular formula is C18H24F3NO3. The Balaban J connectivity index is 2.28. The zero-order valence-corrected chi connectivity index (χ0v) is 14.6. The van der Waals surface area contributed by atoms with Gasteiger partial charge in [-0.1, -0.05) is 30.3 Å². The van der Waals surface area contributed by atoms with E-state index in [0.717, 1.165) is 0 Å². The molecule has 1 aromatic carbocycles. The van der Waals surface area contributed by atoms with Crippen LogP contribution in [0.4, 0.5) is 18.0 Å². The van der Waals surface area contributed by atoms with E-state index in [-0.39, 0.29) is 18.5 Å². The van der Waals surface area contributed by atoms with Crippen LogP contribution in [0, 0.1) is 5.92 Å². The molecule has 0 bridgehead atoms. The molecule has 2 atom stereocenters. The average molecular weight is 359 g/mol. The summed E-state index contributed by atoms with van der Waals surface area (Å²) in [6, 6.07) is 7.04. The first kappa shape index (κ1) is 19.6. The standard InChI is InChI=1S/C18H24F3NO3/c1-16(2,3)25-15(23)22-11-7-10-14(12-22)17(24,18(19,20)21)13-8-5-4-6-9-13/h4-6,8-9,14,24H,7,10-12H2,1-3H3/t14-,17+/m0/s1. The van der Waals surface area contributed by atoms with E-state index in [1.165, 1.54) is 29.2 Å². The van der Waals surface area contributed by atoms with Gasteiger partial charge in [0.15, 0.2) is 5.60 Å². The third kappa shape index (κ3) is 4.26. The minimum atomic E-state index is -4.85. The van der Waals surface area contributed by atoms with Crippen LogP contribution in [-0.4, -0.2) is 41.0 Å². The summed E-state index contributed by atoms with van der Waals surface area (Å²) < 4.78 is 46.6. The van der Waals surface area contributed by atoms with Gasteiger partial charge in [-0.3, -0.25) is 0 Å². The van der Waals surface area contributed by atoms with Gasteiger partial charge in [-0.2, -0.15) is 13.2 Å². The molecule has 1 fully saturated rings. The zero-order valence-electron chi connectivity index (χ0n) is 14.6. The monoisotopic (exact) mass is 359 g/mol. The van der Waals surface area contributed by atoms with Crippen LogP contribution >= 0.6 is 0 Å². The Labute approximate surface area is 145 Å². The van der Waals surface area contributed by atoms with Crippen molar-refractivity contribution in [2.45, 2.75) is 51.0 Å². The number of amides is 1. The highest BCUT2D eigenvalue weighted by Gasteiger charge is 2.60. The van der Waals surface area contributed by atoms with Crippen LogP contribution in [-0.2, 0) is 10.3 Å². The number of ether oxygens (including phenoxy) is 1. The van der Waals surface area contributed by atoms with Crippen LogP contribution in [0.2, 0.25) is 0 Å². The van der Waals surface area contributed by atoms with Crippen molar-refractivity contribution >= 4 is 6.09 Å². The fourth-order valence-electron chi connectivity index (χ4n) is 3.13. The number of piperidine rings is 1. The predicted molar refractivity (Wildman–Crippen MR) is 86.9 cm³/mol. The summed E-state index contributed by atoms with van der Waals surface area (Å²) in [5, 5.41) is 10.7. The lowest BCUT2D eigenvalue weighted by atomic mass is 9.76. The summed E-state index contributed by atoms with van der Waals surface area (Å²) in [5.74, 6) is -1.16. The molecule has 1 N–H and O–H groups in total. The highest BCUT2D eigenvalue weighted by molar-refractivity contribution is 5.68. The second-order valence-corrected chi connectivity index (χ2v) is 7.40. The third-order valence-electron chi connectivity index (χ3n) is 4.31. The largest absolute Gasteiger partial charge is 0.444 e. The molecule has 1 saturated heterocycles. The molecule has 0 aromatic heterocycles. The first-order chi connectivity index (χ1) is 11.4. The Morgan fingerprint density at radius 1 is 1.20 bits per heavy atom. The normalized spacial score (nSPS) is 21.6. The van der Waals surface area contributed by atoms with Crippen molar-refractivity contribution in [2.24, 2.45) is 5.92 Å². The van der Waals surface area contributed by atoms with Gasteiger partial charge in [-0.25, -0.2) is 4.79 Å². The number of benzene rings is 1. The van der Waals surface area contributed by atoms with Crippen molar-refractivity contribution in [3.05, 3.63) is 35.9 Å². The number of rotatable bonds is 2. The highest BCUT2D eigenvalue weighted by atomic mass is 19.4. The summed E-state index contributed by atoms with van der Waals surface area (Å²) in [5.41, 5.74) is -3.95. The van der Waals surface area contributed by atoms with E-state index in [1.807, 2.05) is 0 Å². The maximum atomic E-state index is 13.8. The Morgan fingerprint density at radius 2 is 1.80 bits per heavy atom. The molecule has 4 nitrogen and oxygen atoms in total. The van der Waals surface area contributed by atoms with E-state index < -0.39 is 29.4 Å². The molecule has 1 amide bonds. The maximum Gasteiger partial charge on any atom is 0.421 e. The van der Waals surface area contributed by atoms with Crippen LogP contribution in [0.1, 0.15) is 39.2 Å². The quantitative estimate of drug-likeness (QED) is 0.865. The van der Waals surface area contributed by atoms with Gasteiger partial charge in [-0.15, -0.1) is 0 Å². The molecule has 1 aliphatic heterocycles. The Bertz CT molecular complexity index is 598. The third-order valence-corrected chi connectivity index (χ3v) is 4.31. The molecule has 1 aliphatic rings. The minimum Gasteiger partial charge on any atom is -0.444 e. The lowest BCUT2D eigenvalue weighted by Gasteiger charge is -2.43. The summed E-state index contributed by atoms with van der Waals surface area (Å²) in [6.07, 6.45) is -4.97. The molecule has 0 radical (unpaired) electrons. The van der Waals surface area contributed by atoms with Crippen LogP contribution in [0.15, 0.2) is 30.3 Å². The van der Waals surface area contributed by atoms with E-state index in [2.05, 4.69) is 0 Å². The van der Waals surface area contributed by atoms with E-state index in [4.69, 9.17) is 4.74 Å². The molecular weight excluding hydrogens is 335 g/mol. The summed E-state index contributed by atoms with van der Waals surface area (Å²) in [7, 11) is 0. The van der Waals surface area contributed by atoms with Crippen molar-refractivity contribution in [3.8, 4) is 0 Å². The number of aliphatic hydroxyl groups is 1. The number of likely N-dealkylation sites (tertiary alicyclic amines) is 1. The number of hydrogen-bond acceptors (Lipinski definition) is 3. The molecule has 1 aromatic rings. The molecule has 2 rings (SSSR count). The number of alkyl halides is 3. The molecule has 0 spiro atoms. The first-order valence-electron chi connectivity index (χ1n) is 8.27. The van der Waals surface area contributed by atoms with E-state index in [9.17, 15) is 23.1 Å². The number of carbonyl (C=O) groups excluding carboxylic acids is 1. The lowest BCUT2D eigenvalue weighted by molar-refractivity contribution is -0.290. The van der Waals surface area contributed by atoms with Crippen LogP contribution in [0.25, 0.3) is 0 Å². The van der Waals surface area contributed by atoms with Crippen molar-refractivity contribution in [2.75, 3.05) is 13.1 Å². The maximum absolute atomic E-state index is 13.8. The van der Waals surface area contributed by atoms with Gasteiger partial charge in [0.25, 0.3) is 0 Å². The van der Waals surface area contributed by atoms with Gasteiger partial charge in [0.1, 0.15) is 5.60 Å². The molecule has 0 saturated carbocycles. The molecule has 140 valence electrons. The molecule has 1 heterocycles. The summed E-state index contributed by atoms with van der Waals surface area (Å²) >= 11 is 0. The van der Waals surface area contributed by atoms with Crippen LogP contribution < -0.4 is 0 Å². The zero-order chi connectivity index (χ0) is 18.9. The smallest absolute Gasteiger partial charge is 0.421 e. The number of nitrogens with zero attached hydrogens (tertiary/aromatic N) is 1. The number of hydrogen-bond donors (Lipinski definition) is 1. The van der Waals surface area contributed by atoms with Crippen molar-refractivity contribution in [1.82, 2.24) is 4.90 Å². The highest BCUT2D eigenvalue weighted by Crippen LogP contribution is 2.47. The fraction of sp³-hybridized carbons (Fsp3) is 0.611. The Hall–Kier alpha value is -1.76. The Morgan fingerprint density at radius 3 is 2.32 bits per heavy atom. The lowest BCUT2D eigenvalue weighted by Crippen LogP contribution is -2.55. The van der Waals surface area contributed by atoms with Gasteiger partial charge in [0.05, 0.1) is 0 Å². The van der Waals surface area contributed by atoms with E-state index in [0.29, 0.717) is 13.0 Å². The van der Waals surface area contributed by atoms with Gasteiger partial charge in [0, 0.05) is 19.0 Å². The number of carbonyl (C=O) groups is 1. The fourth-order valence-corrected chi connectivity index (χ4v) is 3.13. The second-order valence-electron chi connectivity index (χ2n) is 7.40. The van der Waals surface area contributed by atoms with Crippen molar-refractivity contribution < 1.29 is 27.8 Å². The van der Waals surface area contributed by atoms with Crippen LogP contribution in [0.5, 0.6) is 0 Å². The molecule has 25 heavy (non-hydrogen) atoms. The van der Waals surface area contributed by atoms with E-state index in [1.54, 1.807) is 26.8 Å². The molecule has 0 aliphatic carbocycles. The molecule has 0 unspecified atom stereocenters. The minimum absolute atomic E-state index is 0.171. The number of halogens is 3. The van der Waals surface area contributed by atoms with Crippen molar-refractivity contribution in [1.29, 1.82) is 0 Å². The van der Waals surface area contributed by atoms with Gasteiger partial charge in [-0.05, 0) is 39.2 Å². The van der Waals surface area contributed by atoms with Gasteiger partial charge in [0.2, 0.25) is 0 Å². The second kappa shape index (κ2) is 6.86. The summed E-state index contributed by atoms with van der Waals surface area (Å²) in [4.78, 5) is 13.5. The SMILES string of the molecule is CC(C)(C)OC(=O)N1CCC[C@H]([C@](O)(c2ccccc2)C(F)(F)F)C1. The summed E-state index contributed by atoms with van der Waals surface area (Å²) in [6.45, 7) is 5.20. The van der Waals surface area contributed by atoms with Gasteiger partial charge < -0.3 is 14.7 Å². The van der Waals surface area contributed by atoms with Crippen LogP contribution in [0.3, 0.4) is 0 Å². The predicted octanol–water partition coefficient (Wildman–Crippen LogP) is 4.08. The molecule has 7 heteroatoms. The first-order valence-corrected chi connectivity index (χ1v) is 8.27. The Kier molecular flexibility index (Phi) is 5.37. The average Bonchev–Trinajstić information content (AvgIpc) is 2.52. The topological polar surface area (TPSA) is 49.8 Å². The van der Waals surface area contributed by atoms with Crippen molar-refractivity contribution in [3.63, 3.8) is 0 Å². The van der Waals surface area contributed by atoms with Gasteiger partial charge >= 0.3 is 12.3 Å². The van der Waals surface area contributed by atoms with E-state index >= 15 is 0 Å².